The molecular formula is C21H22IN3O2. The molecule has 140 valence electrons. The fraction of sp³-hybridized carbons (Fsp3) is 0.333. The number of nitrogens with zero attached hydrogens (tertiary/aromatic N) is 2. The fourth-order valence-corrected chi connectivity index (χ4v) is 4.05. The predicted molar refractivity (Wildman–Crippen MR) is 115 cm³/mol. The van der Waals surface area contributed by atoms with Gasteiger partial charge in [0.1, 0.15) is 5.60 Å². The number of pyridine rings is 1. The second-order valence-electron chi connectivity index (χ2n) is 7.90. The van der Waals surface area contributed by atoms with E-state index in [1.807, 2.05) is 33.2 Å². The summed E-state index contributed by atoms with van der Waals surface area (Å²) in [5, 5.41) is 1.18. The average molecular weight is 475 g/mol. The Hall–Kier alpha value is -2.09. The molecule has 0 spiro atoms. The van der Waals surface area contributed by atoms with Gasteiger partial charge in [-0.15, -0.1) is 0 Å². The number of amides is 1. The topological polar surface area (TPSA) is 58.2 Å². The second kappa shape index (κ2) is 6.82. The summed E-state index contributed by atoms with van der Waals surface area (Å²) in [6.07, 6.45) is 4.37. The molecule has 0 unspecified atom stereocenters. The van der Waals surface area contributed by atoms with E-state index in [1.165, 1.54) is 16.5 Å². The van der Waals surface area contributed by atoms with Crippen molar-refractivity contribution in [3.05, 3.63) is 51.5 Å². The quantitative estimate of drug-likeness (QED) is 0.497. The third kappa shape index (κ3) is 3.81. The molecule has 4 rings (SSSR count). The highest BCUT2D eigenvalue weighted by Crippen LogP contribution is 2.31. The highest BCUT2D eigenvalue weighted by atomic mass is 127. The van der Waals surface area contributed by atoms with Crippen molar-refractivity contribution in [1.29, 1.82) is 0 Å². The average Bonchev–Trinajstić information content (AvgIpc) is 2.99. The normalized spacial score (nSPS) is 14.3. The molecule has 1 amide bonds. The number of ether oxygens (including phenoxy) is 1. The molecule has 6 heteroatoms. The van der Waals surface area contributed by atoms with Gasteiger partial charge in [-0.05, 0) is 72.5 Å². The summed E-state index contributed by atoms with van der Waals surface area (Å²) in [7, 11) is 0. The van der Waals surface area contributed by atoms with Crippen molar-refractivity contribution in [2.45, 2.75) is 39.3 Å². The Kier molecular flexibility index (Phi) is 4.61. The van der Waals surface area contributed by atoms with Crippen molar-refractivity contribution in [2.75, 3.05) is 6.54 Å². The van der Waals surface area contributed by atoms with Crippen LogP contribution in [0.2, 0.25) is 0 Å². The van der Waals surface area contributed by atoms with Crippen LogP contribution in [0.15, 0.2) is 36.7 Å². The van der Waals surface area contributed by atoms with Crippen molar-refractivity contribution in [1.82, 2.24) is 14.9 Å². The zero-order valence-corrected chi connectivity index (χ0v) is 17.8. The Bertz CT molecular complexity index is 1020. The first-order valence-electron chi connectivity index (χ1n) is 9.02. The van der Waals surface area contributed by atoms with Crippen LogP contribution in [-0.4, -0.2) is 33.1 Å². The molecule has 0 fully saturated rings. The van der Waals surface area contributed by atoms with Crippen LogP contribution in [0.5, 0.6) is 0 Å². The molecule has 27 heavy (non-hydrogen) atoms. The van der Waals surface area contributed by atoms with Gasteiger partial charge in [0, 0.05) is 30.2 Å². The molecule has 0 saturated carbocycles. The number of rotatable bonds is 1. The van der Waals surface area contributed by atoms with E-state index in [-0.39, 0.29) is 6.09 Å². The number of aromatic nitrogens is 2. The van der Waals surface area contributed by atoms with Gasteiger partial charge in [0.05, 0.1) is 15.4 Å². The highest BCUT2D eigenvalue weighted by Gasteiger charge is 2.26. The Balaban J connectivity index is 1.61. The number of hydrogen-bond donors (Lipinski definition) is 1. The first kappa shape index (κ1) is 18.3. The van der Waals surface area contributed by atoms with Gasteiger partial charge in [0.2, 0.25) is 0 Å². The third-order valence-corrected chi connectivity index (χ3v) is 5.28. The first-order valence-corrected chi connectivity index (χ1v) is 10.1. The first-order chi connectivity index (χ1) is 12.8. The lowest BCUT2D eigenvalue weighted by atomic mass is 9.94. The minimum absolute atomic E-state index is 0.243. The van der Waals surface area contributed by atoms with Crippen molar-refractivity contribution in [2.24, 2.45) is 0 Å². The van der Waals surface area contributed by atoms with Crippen LogP contribution in [0.3, 0.4) is 0 Å². The SMILES string of the molecule is CC(C)(C)OC(=O)N1CCc2cc(-c3cncc4[nH]c(I)cc34)ccc2C1. The van der Waals surface area contributed by atoms with E-state index in [0.29, 0.717) is 13.1 Å². The van der Waals surface area contributed by atoms with Crippen LogP contribution in [0.25, 0.3) is 22.0 Å². The third-order valence-electron chi connectivity index (χ3n) is 4.69. The van der Waals surface area contributed by atoms with Crippen molar-refractivity contribution in [3.8, 4) is 11.1 Å². The van der Waals surface area contributed by atoms with Crippen LogP contribution in [0.4, 0.5) is 4.79 Å². The molecule has 5 nitrogen and oxygen atoms in total. The summed E-state index contributed by atoms with van der Waals surface area (Å²) in [6, 6.07) is 8.63. The van der Waals surface area contributed by atoms with Gasteiger partial charge in [-0.2, -0.15) is 0 Å². The summed E-state index contributed by atoms with van der Waals surface area (Å²) in [5.41, 5.74) is 5.33. The maximum Gasteiger partial charge on any atom is 0.410 e. The van der Waals surface area contributed by atoms with Crippen LogP contribution in [0.1, 0.15) is 31.9 Å². The molecule has 2 aromatic heterocycles. The fourth-order valence-electron chi connectivity index (χ4n) is 3.45. The van der Waals surface area contributed by atoms with Crippen LogP contribution in [-0.2, 0) is 17.7 Å². The molecule has 3 aromatic rings. The lowest BCUT2D eigenvalue weighted by molar-refractivity contribution is 0.0224. The molecule has 0 radical (unpaired) electrons. The maximum absolute atomic E-state index is 12.4. The molecule has 3 heterocycles. The number of benzene rings is 1. The van der Waals surface area contributed by atoms with Crippen molar-refractivity contribution >= 4 is 39.6 Å². The second-order valence-corrected chi connectivity index (χ2v) is 9.06. The van der Waals surface area contributed by atoms with Crippen molar-refractivity contribution in [3.63, 3.8) is 0 Å². The monoisotopic (exact) mass is 475 g/mol. The summed E-state index contributed by atoms with van der Waals surface area (Å²) in [4.78, 5) is 21.8. The molecule has 1 aromatic carbocycles. The van der Waals surface area contributed by atoms with E-state index >= 15 is 0 Å². The van der Waals surface area contributed by atoms with Crippen LogP contribution in [0, 0.1) is 3.70 Å². The number of hydrogen-bond acceptors (Lipinski definition) is 3. The molecule has 1 aliphatic rings. The minimum Gasteiger partial charge on any atom is -0.444 e. The van der Waals surface area contributed by atoms with Crippen LogP contribution >= 0.6 is 22.6 Å². The predicted octanol–water partition coefficient (Wildman–Crippen LogP) is 5.13. The Morgan fingerprint density at radius 1 is 1.22 bits per heavy atom. The van der Waals surface area contributed by atoms with E-state index in [1.54, 1.807) is 4.90 Å². The molecule has 1 aliphatic heterocycles. The number of fused-ring (bicyclic) bond motifs is 2. The van der Waals surface area contributed by atoms with Gasteiger partial charge in [0.15, 0.2) is 0 Å². The highest BCUT2D eigenvalue weighted by molar-refractivity contribution is 14.1. The van der Waals surface area contributed by atoms with Gasteiger partial charge < -0.3 is 14.6 Å². The molecule has 0 aliphatic carbocycles. The summed E-state index contributed by atoms with van der Waals surface area (Å²) < 4.78 is 6.61. The van der Waals surface area contributed by atoms with E-state index < -0.39 is 5.60 Å². The van der Waals surface area contributed by atoms with E-state index in [4.69, 9.17) is 4.74 Å². The van der Waals surface area contributed by atoms with E-state index in [0.717, 1.165) is 26.8 Å². The van der Waals surface area contributed by atoms with Gasteiger partial charge >= 0.3 is 6.09 Å². The van der Waals surface area contributed by atoms with E-state index in [9.17, 15) is 4.79 Å². The lowest BCUT2D eigenvalue weighted by Gasteiger charge is -2.31. The van der Waals surface area contributed by atoms with Gasteiger partial charge in [-0.1, -0.05) is 18.2 Å². The number of nitrogens with one attached hydrogen (secondary N) is 1. The number of H-pyrrole nitrogens is 1. The lowest BCUT2D eigenvalue weighted by Crippen LogP contribution is -2.39. The standard InChI is InChI=1S/C21H22IN3O2/c1-21(2,3)27-20(26)25-7-6-13-8-14(4-5-15(13)12-25)17-10-23-11-18-16(17)9-19(22)24-18/h4-5,8-11,24H,6-7,12H2,1-3H3. The maximum atomic E-state index is 12.4. The Labute approximate surface area is 172 Å². The smallest absolute Gasteiger partial charge is 0.410 e. The van der Waals surface area contributed by atoms with Gasteiger partial charge in [0.25, 0.3) is 0 Å². The number of aromatic amines is 1. The number of halogens is 1. The zero-order chi connectivity index (χ0) is 19.2. The zero-order valence-electron chi connectivity index (χ0n) is 15.7. The number of carbonyl (C=O) groups excluding carboxylic acids is 1. The minimum atomic E-state index is -0.471. The summed E-state index contributed by atoms with van der Waals surface area (Å²) >= 11 is 2.29. The van der Waals surface area contributed by atoms with Crippen molar-refractivity contribution < 1.29 is 9.53 Å². The largest absolute Gasteiger partial charge is 0.444 e. The molecule has 0 bridgehead atoms. The number of carbonyl (C=O) groups is 1. The van der Waals surface area contributed by atoms with E-state index in [2.05, 4.69) is 56.8 Å². The summed E-state index contributed by atoms with van der Waals surface area (Å²) in [5.74, 6) is 0. The van der Waals surface area contributed by atoms with Crippen LogP contribution < -0.4 is 0 Å². The summed E-state index contributed by atoms with van der Waals surface area (Å²) in [6.45, 7) is 6.95. The van der Waals surface area contributed by atoms with Gasteiger partial charge in [-0.3, -0.25) is 4.98 Å². The molecule has 1 N–H and O–H groups in total. The molecular weight excluding hydrogens is 453 g/mol. The Morgan fingerprint density at radius 3 is 2.81 bits per heavy atom. The van der Waals surface area contributed by atoms with Gasteiger partial charge in [-0.25, -0.2) is 4.79 Å². The molecule has 0 saturated heterocycles. The molecule has 0 atom stereocenters. The Morgan fingerprint density at radius 2 is 2.04 bits per heavy atom.